The molecule has 1 aliphatic carbocycles. The van der Waals surface area contributed by atoms with Crippen LogP contribution in [-0.4, -0.2) is 30.6 Å². The van der Waals surface area contributed by atoms with E-state index in [1.54, 1.807) is 6.07 Å². The van der Waals surface area contributed by atoms with E-state index in [1.807, 2.05) is 6.08 Å². The Labute approximate surface area is 140 Å². The van der Waals surface area contributed by atoms with Crippen molar-refractivity contribution < 1.29 is 23.8 Å². The van der Waals surface area contributed by atoms with Crippen LogP contribution in [0.2, 0.25) is 0 Å². The number of amides is 1. The largest absolute Gasteiger partial charge is 0.505 e. The van der Waals surface area contributed by atoms with Gasteiger partial charge in [-0.25, -0.2) is 4.39 Å². The number of carbonyl (C=O) groups is 2. The second kappa shape index (κ2) is 8.47. The third kappa shape index (κ3) is 4.81. The van der Waals surface area contributed by atoms with Crippen LogP contribution in [0.3, 0.4) is 0 Å². The third-order valence-electron chi connectivity index (χ3n) is 4.19. The summed E-state index contributed by atoms with van der Waals surface area (Å²) in [4.78, 5) is 24.1. The van der Waals surface area contributed by atoms with Crippen molar-refractivity contribution in [2.24, 2.45) is 11.8 Å². The van der Waals surface area contributed by atoms with E-state index in [4.69, 9.17) is 4.74 Å². The minimum atomic E-state index is -0.742. The van der Waals surface area contributed by atoms with Gasteiger partial charge in [0.1, 0.15) is 0 Å². The number of phenolic OH excluding ortho intramolecular Hbond substituents is 1. The van der Waals surface area contributed by atoms with Gasteiger partial charge in [0.05, 0.1) is 13.0 Å². The van der Waals surface area contributed by atoms with Gasteiger partial charge < -0.3 is 15.2 Å². The number of nitrogens with one attached hydrogen (secondary N) is 1. The van der Waals surface area contributed by atoms with Crippen LogP contribution in [0, 0.1) is 17.7 Å². The van der Waals surface area contributed by atoms with E-state index >= 15 is 0 Å². The lowest BCUT2D eigenvalue weighted by molar-refractivity contribution is -0.145. The quantitative estimate of drug-likeness (QED) is 0.618. The van der Waals surface area contributed by atoms with Crippen molar-refractivity contribution in [2.75, 3.05) is 13.7 Å². The van der Waals surface area contributed by atoms with Crippen LogP contribution in [0.25, 0.3) is 0 Å². The first-order valence-corrected chi connectivity index (χ1v) is 7.99. The predicted octanol–water partition coefficient (Wildman–Crippen LogP) is 2.34. The zero-order chi connectivity index (χ0) is 17.5. The first-order chi connectivity index (χ1) is 11.5. The molecule has 0 aliphatic heterocycles. The number of ether oxygens (including phenoxy) is 1. The SMILES string of the molecule is COC(=O)C(CNC(=O)C1CC=CCC1)Cc1ccc(O)c(F)c1. The summed E-state index contributed by atoms with van der Waals surface area (Å²) in [7, 11) is 1.28. The van der Waals surface area contributed by atoms with E-state index < -0.39 is 23.5 Å². The van der Waals surface area contributed by atoms with Crippen LogP contribution in [-0.2, 0) is 20.7 Å². The number of hydrogen-bond acceptors (Lipinski definition) is 4. The number of carbonyl (C=O) groups excluding carboxylic acids is 2. The molecule has 1 aromatic carbocycles. The van der Waals surface area contributed by atoms with Gasteiger partial charge >= 0.3 is 5.97 Å². The van der Waals surface area contributed by atoms with Gasteiger partial charge in [0.25, 0.3) is 0 Å². The maximum absolute atomic E-state index is 13.4. The molecule has 24 heavy (non-hydrogen) atoms. The Kier molecular flexibility index (Phi) is 6.35. The van der Waals surface area contributed by atoms with E-state index in [1.165, 1.54) is 19.2 Å². The van der Waals surface area contributed by atoms with E-state index in [-0.39, 0.29) is 24.8 Å². The summed E-state index contributed by atoms with van der Waals surface area (Å²) < 4.78 is 18.2. The Morgan fingerprint density at radius 2 is 2.21 bits per heavy atom. The van der Waals surface area contributed by atoms with Crippen molar-refractivity contribution in [3.8, 4) is 5.75 Å². The number of benzene rings is 1. The molecule has 0 fully saturated rings. The number of methoxy groups -OCH3 is 1. The maximum Gasteiger partial charge on any atom is 0.310 e. The number of allylic oxidation sites excluding steroid dienone is 2. The van der Waals surface area contributed by atoms with Crippen LogP contribution in [0.1, 0.15) is 24.8 Å². The standard InChI is InChI=1S/C18H22FNO4/c1-24-18(23)14(9-12-7-8-16(21)15(19)10-12)11-20-17(22)13-5-3-2-4-6-13/h2-3,7-8,10,13-14,21H,4-6,9,11H2,1H3,(H,20,22). The summed E-state index contributed by atoms with van der Waals surface area (Å²) in [5.74, 6) is -2.40. The van der Waals surface area contributed by atoms with Crippen molar-refractivity contribution in [3.05, 3.63) is 41.7 Å². The molecule has 1 aromatic rings. The van der Waals surface area contributed by atoms with Gasteiger partial charge in [-0.15, -0.1) is 0 Å². The highest BCUT2D eigenvalue weighted by atomic mass is 19.1. The molecule has 1 amide bonds. The fourth-order valence-corrected chi connectivity index (χ4v) is 2.77. The minimum Gasteiger partial charge on any atom is -0.505 e. The predicted molar refractivity (Wildman–Crippen MR) is 86.8 cm³/mol. The van der Waals surface area contributed by atoms with Crippen molar-refractivity contribution in [3.63, 3.8) is 0 Å². The molecule has 0 aromatic heterocycles. The highest BCUT2D eigenvalue weighted by molar-refractivity contribution is 5.80. The summed E-state index contributed by atoms with van der Waals surface area (Å²) in [6.07, 6.45) is 6.65. The van der Waals surface area contributed by atoms with Crippen LogP contribution >= 0.6 is 0 Å². The monoisotopic (exact) mass is 335 g/mol. The zero-order valence-corrected chi connectivity index (χ0v) is 13.6. The third-order valence-corrected chi connectivity index (χ3v) is 4.19. The molecule has 130 valence electrons. The van der Waals surface area contributed by atoms with Crippen molar-refractivity contribution >= 4 is 11.9 Å². The molecule has 0 heterocycles. The second-order valence-electron chi connectivity index (χ2n) is 5.94. The van der Waals surface area contributed by atoms with Crippen molar-refractivity contribution in [1.82, 2.24) is 5.32 Å². The van der Waals surface area contributed by atoms with Crippen molar-refractivity contribution in [2.45, 2.75) is 25.7 Å². The summed E-state index contributed by atoms with van der Waals surface area (Å²) >= 11 is 0. The average molecular weight is 335 g/mol. The number of rotatable bonds is 6. The van der Waals surface area contributed by atoms with Gasteiger partial charge in [0.15, 0.2) is 11.6 Å². The van der Waals surface area contributed by atoms with Crippen LogP contribution in [0.5, 0.6) is 5.75 Å². The number of esters is 1. The fraction of sp³-hybridized carbons (Fsp3) is 0.444. The summed E-state index contributed by atoms with van der Waals surface area (Å²) in [5, 5.41) is 12.0. The molecule has 0 spiro atoms. The van der Waals surface area contributed by atoms with Gasteiger partial charge in [-0.1, -0.05) is 18.2 Å². The van der Waals surface area contributed by atoms with E-state index in [2.05, 4.69) is 11.4 Å². The first kappa shape index (κ1) is 18.0. The molecule has 5 nitrogen and oxygen atoms in total. The molecule has 0 saturated heterocycles. The molecule has 2 N–H and O–H groups in total. The van der Waals surface area contributed by atoms with Gasteiger partial charge in [0.2, 0.25) is 5.91 Å². The van der Waals surface area contributed by atoms with Crippen molar-refractivity contribution in [1.29, 1.82) is 0 Å². The minimum absolute atomic E-state index is 0.0700. The molecular formula is C18H22FNO4. The van der Waals surface area contributed by atoms with E-state index in [0.29, 0.717) is 12.0 Å². The molecule has 2 rings (SSSR count). The number of halogens is 1. The van der Waals surface area contributed by atoms with Gasteiger partial charge in [0, 0.05) is 12.5 Å². The lowest BCUT2D eigenvalue weighted by Crippen LogP contribution is -2.38. The lowest BCUT2D eigenvalue weighted by atomic mass is 9.93. The summed E-state index contributed by atoms with van der Waals surface area (Å²) in [5.41, 5.74) is 0.551. The normalized spacial score (nSPS) is 18.0. The van der Waals surface area contributed by atoms with E-state index in [9.17, 15) is 19.1 Å². The van der Waals surface area contributed by atoms with Crippen LogP contribution in [0.15, 0.2) is 30.4 Å². The van der Waals surface area contributed by atoms with Gasteiger partial charge in [-0.2, -0.15) is 0 Å². The highest BCUT2D eigenvalue weighted by Crippen LogP contribution is 2.20. The molecule has 2 atom stereocenters. The fourth-order valence-electron chi connectivity index (χ4n) is 2.77. The molecule has 0 radical (unpaired) electrons. The molecule has 0 saturated carbocycles. The lowest BCUT2D eigenvalue weighted by Gasteiger charge is -2.20. The number of aromatic hydroxyl groups is 1. The highest BCUT2D eigenvalue weighted by Gasteiger charge is 2.24. The zero-order valence-electron chi connectivity index (χ0n) is 13.6. The Morgan fingerprint density at radius 3 is 2.83 bits per heavy atom. The molecule has 0 bridgehead atoms. The van der Waals surface area contributed by atoms with Crippen LogP contribution < -0.4 is 5.32 Å². The van der Waals surface area contributed by atoms with Gasteiger partial charge in [-0.05, 0) is 43.4 Å². The van der Waals surface area contributed by atoms with E-state index in [0.717, 1.165) is 12.8 Å². The topological polar surface area (TPSA) is 75.6 Å². The summed E-state index contributed by atoms with van der Waals surface area (Å²) in [6.45, 7) is 0.133. The smallest absolute Gasteiger partial charge is 0.310 e. The molecule has 2 unspecified atom stereocenters. The Morgan fingerprint density at radius 1 is 1.42 bits per heavy atom. The molecular weight excluding hydrogens is 313 g/mol. The first-order valence-electron chi connectivity index (χ1n) is 7.99. The van der Waals surface area contributed by atoms with Crippen LogP contribution in [0.4, 0.5) is 4.39 Å². The Bertz CT molecular complexity index is 629. The Balaban J connectivity index is 1.97. The maximum atomic E-state index is 13.4. The average Bonchev–Trinajstić information content (AvgIpc) is 2.61. The molecule has 1 aliphatic rings. The Hall–Kier alpha value is -2.37. The number of phenols is 1. The molecule has 6 heteroatoms. The summed E-state index contributed by atoms with van der Waals surface area (Å²) in [6, 6.07) is 3.97. The van der Waals surface area contributed by atoms with Gasteiger partial charge in [-0.3, -0.25) is 9.59 Å². The number of hydrogen-bond donors (Lipinski definition) is 2. The second-order valence-corrected chi connectivity index (χ2v) is 5.94.